The van der Waals surface area contributed by atoms with E-state index in [0.717, 1.165) is 0 Å². The first-order valence-corrected chi connectivity index (χ1v) is 8.31. The number of hydrogen-bond acceptors (Lipinski definition) is 5. The van der Waals surface area contributed by atoms with Gasteiger partial charge in [0.1, 0.15) is 10.7 Å². The Balaban J connectivity index is 2.04. The number of halogens is 1. The van der Waals surface area contributed by atoms with Crippen LogP contribution in [-0.4, -0.2) is 40.9 Å². The lowest BCUT2D eigenvalue weighted by Gasteiger charge is -2.23. The number of carbonyl (C=O) groups is 1. The Hall–Kier alpha value is -1.38. The van der Waals surface area contributed by atoms with Gasteiger partial charge in [-0.25, -0.2) is 13.4 Å². The number of pyridine rings is 1. The van der Waals surface area contributed by atoms with Crippen LogP contribution in [0.15, 0.2) is 17.2 Å². The molecule has 2 saturated heterocycles. The molecule has 2 fully saturated rings. The maximum Gasteiger partial charge on any atom is 0.308 e. The molecule has 1 aromatic rings. The van der Waals surface area contributed by atoms with E-state index in [0.29, 0.717) is 19.3 Å². The number of anilines is 1. The summed E-state index contributed by atoms with van der Waals surface area (Å²) in [5.41, 5.74) is 5.66. The van der Waals surface area contributed by atoms with Crippen molar-refractivity contribution in [2.45, 2.75) is 36.2 Å². The number of carboxylic acid groups (broad SMARTS) is 1. The zero-order chi connectivity index (χ0) is 15.4. The van der Waals surface area contributed by atoms with Crippen LogP contribution in [-0.2, 0) is 14.8 Å². The van der Waals surface area contributed by atoms with Gasteiger partial charge in [0.15, 0.2) is 0 Å². The molecular formula is C12H14ClN3O4S. The SMILES string of the molecule is Nc1ncc(Cl)cc1S(=O)(=O)N1[C@H]2CC[C@H]1[C@H](C(=O)O)C2. The molecule has 3 heterocycles. The summed E-state index contributed by atoms with van der Waals surface area (Å²) < 4.78 is 26.9. The summed E-state index contributed by atoms with van der Waals surface area (Å²) in [4.78, 5) is 14.9. The normalized spacial score (nSPS) is 28.9. The number of aromatic nitrogens is 1. The molecule has 0 aliphatic carbocycles. The third-order valence-electron chi connectivity index (χ3n) is 4.19. The standard InChI is InChI=1S/C12H14ClN3O4S/c13-6-3-10(11(14)15-5-6)21(19,20)16-7-1-2-9(16)8(4-7)12(17)18/h3,5,7-9H,1-2,4H2,(H2,14,15)(H,17,18)/t7-,8+,9-/m0/s1. The van der Waals surface area contributed by atoms with E-state index in [-0.39, 0.29) is 21.8 Å². The molecule has 9 heteroatoms. The summed E-state index contributed by atoms with van der Waals surface area (Å²) in [6.45, 7) is 0. The van der Waals surface area contributed by atoms with Crippen LogP contribution in [0.2, 0.25) is 5.02 Å². The molecule has 2 aliphatic rings. The highest BCUT2D eigenvalue weighted by molar-refractivity contribution is 7.89. The minimum Gasteiger partial charge on any atom is -0.481 e. The summed E-state index contributed by atoms with van der Waals surface area (Å²) in [7, 11) is -3.90. The van der Waals surface area contributed by atoms with Gasteiger partial charge in [0.05, 0.1) is 10.9 Å². The van der Waals surface area contributed by atoms with E-state index in [1.807, 2.05) is 0 Å². The van der Waals surface area contributed by atoms with Crippen LogP contribution in [0, 0.1) is 5.92 Å². The van der Waals surface area contributed by atoms with Gasteiger partial charge in [-0.05, 0) is 25.3 Å². The Bertz CT molecular complexity index is 708. The lowest BCUT2D eigenvalue weighted by Crippen LogP contribution is -2.38. The van der Waals surface area contributed by atoms with Crippen LogP contribution in [0.4, 0.5) is 5.82 Å². The average molecular weight is 332 g/mol. The van der Waals surface area contributed by atoms with Crippen LogP contribution < -0.4 is 5.73 Å². The lowest BCUT2D eigenvalue weighted by atomic mass is 9.89. The molecule has 0 unspecified atom stereocenters. The summed E-state index contributed by atoms with van der Waals surface area (Å²) in [5, 5.41) is 9.38. The summed E-state index contributed by atoms with van der Waals surface area (Å²) in [5.74, 6) is -1.75. The second kappa shape index (κ2) is 4.82. The van der Waals surface area contributed by atoms with Crippen LogP contribution in [0.3, 0.4) is 0 Å². The lowest BCUT2D eigenvalue weighted by molar-refractivity contribution is -0.142. The first-order valence-electron chi connectivity index (χ1n) is 6.49. The van der Waals surface area contributed by atoms with Crippen molar-refractivity contribution in [2.75, 3.05) is 5.73 Å². The minimum atomic E-state index is -3.90. The molecule has 7 nitrogen and oxygen atoms in total. The maximum atomic E-state index is 12.8. The molecule has 1 aromatic heterocycles. The number of hydrogen-bond donors (Lipinski definition) is 2. The van der Waals surface area contributed by atoms with Crippen molar-refractivity contribution >= 4 is 33.4 Å². The van der Waals surface area contributed by atoms with Crippen molar-refractivity contribution in [1.82, 2.24) is 9.29 Å². The van der Waals surface area contributed by atoms with Gasteiger partial charge in [-0.15, -0.1) is 0 Å². The van der Waals surface area contributed by atoms with E-state index >= 15 is 0 Å². The summed E-state index contributed by atoms with van der Waals surface area (Å²) >= 11 is 5.80. The first kappa shape index (κ1) is 14.6. The second-order valence-electron chi connectivity index (χ2n) is 5.35. The van der Waals surface area contributed by atoms with Crippen molar-refractivity contribution in [2.24, 2.45) is 5.92 Å². The van der Waals surface area contributed by atoms with Gasteiger partial charge < -0.3 is 10.8 Å². The van der Waals surface area contributed by atoms with E-state index in [1.165, 1.54) is 16.6 Å². The van der Waals surface area contributed by atoms with Gasteiger partial charge in [0.2, 0.25) is 10.0 Å². The van der Waals surface area contributed by atoms with Gasteiger partial charge >= 0.3 is 5.97 Å². The number of carboxylic acids is 1. The highest BCUT2D eigenvalue weighted by Gasteiger charge is 2.54. The van der Waals surface area contributed by atoms with Crippen LogP contribution in [0.25, 0.3) is 0 Å². The predicted molar refractivity (Wildman–Crippen MR) is 75.2 cm³/mol. The number of nitrogens with zero attached hydrogens (tertiary/aromatic N) is 2. The molecule has 0 spiro atoms. The Morgan fingerprint density at radius 1 is 1.48 bits per heavy atom. The largest absolute Gasteiger partial charge is 0.481 e. The molecule has 0 radical (unpaired) electrons. The highest BCUT2D eigenvalue weighted by Crippen LogP contribution is 2.45. The topological polar surface area (TPSA) is 114 Å². The van der Waals surface area contributed by atoms with Crippen LogP contribution >= 0.6 is 11.6 Å². The molecule has 0 aromatic carbocycles. The third kappa shape index (κ3) is 2.18. The number of rotatable bonds is 3. The molecule has 21 heavy (non-hydrogen) atoms. The monoisotopic (exact) mass is 331 g/mol. The fraction of sp³-hybridized carbons (Fsp3) is 0.500. The number of nitrogens with two attached hydrogens (primary N) is 1. The quantitative estimate of drug-likeness (QED) is 0.852. The second-order valence-corrected chi connectivity index (χ2v) is 7.60. The average Bonchev–Trinajstić information content (AvgIpc) is 2.99. The van der Waals surface area contributed by atoms with Gasteiger partial charge in [-0.3, -0.25) is 4.79 Å². The number of nitrogen functional groups attached to an aromatic ring is 1. The van der Waals surface area contributed by atoms with Crippen molar-refractivity contribution in [1.29, 1.82) is 0 Å². The van der Waals surface area contributed by atoms with Crippen molar-refractivity contribution in [3.8, 4) is 0 Å². The van der Waals surface area contributed by atoms with Crippen LogP contribution in [0.5, 0.6) is 0 Å². The molecule has 3 rings (SSSR count). The zero-order valence-electron chi connectivity index (χ0n) is 10.9. The maximum absolute atomic E-state index is 12.8. The van der Waals surface area contributed by atoms with E-state index in [1.54, 1.807) is 0 Å². The summed E-state index contributed by atoms with van der Waals surface area (Å²) in [6, 6.07) is 0.447. The molecule has 0 saturated carbocycles. The van der Waals surface area contributed by atoms with E-state index in [9.17, 15) is 18.3 Å². The van der Waals surface area contributed by atoms with Gasteiger partial charge in [-0.1, -0.05) is 11.6 Å². The molecule has 3 atom stereocenters. The number of sulfonamides is 1. The Labute approximate surface area is 126 Å². The van der Waals surface area contributed by atoms with Gasteiger partial charge in [-0.2, -0.15) is 4.31 Å². The molecule has 2 bridgehead atoms. The zero-order valence-corrected chi connectivity index (χ0v) is 12.5. The predicted octanol–water partition coefficient (Wildman–Crippen LogP) is 0.943. The molecule has 0 amide bonds. The molecular weight excluding hydrogens is 318 g/mol. The number of aliphatic carboxylic acids is 1. The molecule has 3 N–H and O–H groups in total. The van der Waals surface area contributed by atoms with E-state index in [4.69, 9.17) is 17.3 Å². The van der Waals surface area contributed by atoms with Crippen LogP contribution in [0.1, 0.15) is 19.3 Å². The van der Waals surface area contributed by atoms with Gasteiger partial charge in [0.25, 0.3) is 0 Å². The highest BCUT2D eigenvalue weighted by atomic mass is 35.5. The Morgan fingerprint density at radius 2 is 2.19 bits per heavy atom. The Morgan fingerprint density at radius 3 is 2.81 bits per heavy atom. The minimum absolute atomic E-state index is 0.127. The number of fused-ring (bicyclic) bond motifs is 2. The molecule has 114 valence electrons. The fourth-order valence-electron chi connectivity index (χ4n) is 3.33. The molecule has 2 aliphatic heterocycles. The van der Waals surface area contributed by atoms with Crippen molar-refractivity contribution in [3.63, 3.8) is 0 Å². The summed E-state index contributed by atoms with van der Waals surface area (Å²) in [6.07, 6.45) is 2.83. The van der Waals surface area contributed by atoms with E-state index in [2.05, 4.69) is 4.98 Å². The third-order valence-corrected chi connectivity index (χ3v) is 6.41. The smallest absolute Gasteiger partial charge is 0.308 e. The van der Waals surface area contributed by atoms with Gasteiger partial charge in [0, 0.05) is 18.3 Å². The fourth-order valence-corrected chi connectivity index (χ4v) is 5.57. The van der Waals surface area contributed by atoms with Crippen molar-refractivity contribution in [3.05, 3.63) is 17.3 Å². The Kier molecular flexibility index (Phi) is 3.34. The van der Waals surface area contributed by atoms with Crippen molar-refractivity contribution < 1.29 is 18.3 Å². The van der Waals surface area contributed by atoms with E-state index < -0.39 is 28.0 Å². The first-order chi connectivity index (χ1) is 9.82.